The van der Waals surface area contributed by atoms with Crippen molar-refractivity contribution in [3.63, 3.8) is 0 Å². The molecule has 15 heavy (non-hydrogen) atoms. The molecule has 0 atom stereocenters. The van der Waals surface area contributed by atoms with Crippen LogP contribution in [0.25, 0.3) is 0 Å². The van der Waals surface area contributed by atoms with Gasteiger partial charge in [0.15, 0.2) is 0 Å². The molecular formula is C11H16N2O2. The molecule has 4 nitrogen and oxygen atoms in total. The second kappa shape index (κ2) is 5.36. The first-order chi connectivity index (χ1) is 7.16. The van der Waals surface area contributed by atoms with E-state index in [1.807, 2.05) is 0 Å². The quantitative estimate of drug-likeness (QED) is 0.640. The summed E-state index contributed by atoms with van der Waals surface area (Å²) in [5.74, 6) is -0.0293. The zero-order valence-corrected chi connectivity index (χ0v) is 8.79. The minimum atomic E-state index is -0.170. The molecule has 0 saturated carbocycles. The highest BCUT2D eigenvalue weighted by Crippen LogP contribution is 2.19. The Kier molecular flexibility index (Phi) is 4.12. The molecule has 4 N–H and O–H groups in total. The number of nitrogens with two attached hydrogens (primary N) is 1. The Morgan fingerprint density at radius 2 is 2.27 bits per heavy atom. The predicted molar refractivity (Wildman–Crippen MR) is 58.8 cm³/mol. The smallest absolute Gasteiger partial charge is 0.251 e. The van der Waals surface area contributed by atoms with Gasteiger partial charge in [-0.15, -0.1) is 0 Å². The summed E-state index contributed by atoms with van der Waals surface area (Å²) in [6.45, 7) is 2.83. The van der Waals surface area contributed by atoms with E-state index in [0.717, 1.165) is 6.42 Å². The molecule has 1 aromatic carbocycles. The van der Waals surface area contributed by atoms with Crippen LogP contribution in [0.1, 0.15) is 22.3 Å². The Bertz CT molecular complexity index is 350. The first kappa shape index (κ1) is 11.5. The van der Waals surface area contributed by atoms with Gasteiger partial charge < -0.3 is 16.2 Å². The van der Waals surface area contributed by atoms with Crippen LogP contribution in [-0.2, 0) is 0 Å². The Labute approximate surface area is 89.1 Å². The van der Waals surface area contributed by atoms with Crippen LogP contribution in [0, 0.1) is 6.92 Å². The molecule has 82 valence electrons. The van der Waals surface area contributed by atoms with E-state index < -0.39 is 0 Å². The lowest BCUT2D eigenvalue weighted by molar-refractivity contribution is 0.0952. The lowest BCUT2D eigenvalue weighted by atomic mass is 10.1. The molecule has 0 fully saturated rings. The van der Waals surface area contributed by atoms with Crippen LogP contribution in [0.5, 0.6) is 5.75 Å². The summed E-state index contributed by atoms with van der Waals surface area (Å²) in [6.07, 6.45) is 0.754. The lowest BCUT2D eigenvalue weighted by Gasteiger charge is -2.07. The third-order valence-corrected chi connectivity index (χ3v) is 2.22. The number of aromatic hydroxyl groups is 1. The number of phenols is 1. The van der Waals surface area contributed by atoms with Crippen molar-refractivity contribution < 1.29 is 9.90 Å². The van der Waals surface area contributed by atoms with Gasteiger partial charge in [0.2, 0.25) is 0 Å². The van der Waals surface area contributed by atoms with Gasteiger partial charge in [0.1, 0.15) is 5.75 Å². The zero-order chi connectivity index (χ0) is 11.3. The number of hydrogen-bond donors (Lipinski definition) is 3. The van der Waals surface area contributed by atoms with Gasteiger partial charge in [-0.2, -0.15) is 0 Å². The average Bonchev–Trinajstić information content (AvgIpc) is 2.22. The molecule has 1 aromatic rings. The highest BCUT2D eigenvalue weighted by Gasteiger charge is 2.09. The molecule has 0 spiro atoms. The average molecular weight is 208 g/mol. The maximum absolute atomic E-state index is 11.6. The minimum absolute atomic E-state index is 0.140. The Morgan fingerprint density at radius 3 is 2.93 bits per heavy atom. The molecule has 0 heterocycles. The highest BCUT2D eigenvalue weighted by atomic mass is 16.3. The first-order valence-electron chi connectivity index (χ1n) is 4.93. The van der Waals surface area contributed by atoms with Crippen molar-refractivity contribution >= 4 is 5.91 Å². The molecule has 0 aromatic heterocycles. The zero-order valence-electron chi connectivity index (χ0n) is 8.79. The summed E-state index contributed by atoms with van der Waals surface area (Å²) >= 11 is 0. The van der Waals surface area contributed by atoms with Gasteiger partial charge in [-0.05, 0) is 32.0 Å². The standard InChI is InChI=1S/C11H16N2O2/c1-8-9(4-2-5-10(8)14)11(15)13-7-3-6-12/h2,4-5,14H,3,6-7,12H2,1H3,(H,13,15). The van der Waals surface area contributed by atoms with Crippen LogP contribution >= 0.6 is 0 Å². The number of phenolic OH excluding ortho intramolecular Hbond substituents is 1. The number of carbonyl (C=O) groups excluding carboxylic acids is 1. The summed E-state index contributed by atoms with van der Waals surface area (Å²) < 4.78 is 0. The van der Waals surface area contributed by atoms with Crippen molar-refractivity contribution in [1.29, 1.82) is 0 Å². The minimum Gasteiger partial charge on any atom is -0.508 e. The maximum atomic E-state index is 11.6. The number of carbonyl (C=O) groups is 1. The largest absolute Gasteiger partial charge is 0.508 e. The van der Waals surface area contributed by atoms with Crippen molar-refractivity contribution in [2.75, 3.05) is 13.1 Å². The first-order valence-corrected chi connectivity index (χ1v) is 4.93. The van der Waals surface area contributed by atoms with Crippen LogP contribution in [0.2, 0.25) is 0 Å². The Hall–Kier alpha value is -1.55. The molecule has 4 heteroatoms. The molecule has 0 aliphatic rings. The normalized spacial score (nSPS) is 10.0. The van der Waals surface area contributed by atoms with Crippen LogP contribution in [0.15, 0.2) is 18.2 Å². The van der Waals surface area contributed by atoms with Crippen molar-refractivity contribution in [3.05, 3.63) is 29.3 Å². The van der Waals surface area contributed by atoms with Gasteiger partial charge in [-0.25, -0.2) is 0 Å². The second-order valence-electron chi connectivity index (χ2n) is 3.35. The van der Waals surface area contributed by atoms with E-state index in [1.165, 1.54) is 0 Å². The van der Waals surface area contributed by atoms with Crippen LogP contribution in [0.4, 0.5) is 0 Å². The van der Waals surface area contributed by atoms with Gasteiger partial charge in [0, 0.05) is 17.7 Å². The Balaban J connectivity index is 2.69. The predicted octanol–water partition coefficient (Wildman–Crippen LogP) is 0.779. The molecule has 0 radical (unpaired) electrons. The molecule has 0 aliphatic carbocycles. The van der Waals surface area contributed by atoms with E-state index in [4.69, 9.17) is 5.73 Å². The number of amides is 1. The number of rotatable bonds is 4. The third-order valence-electron chi connectivity index (χ3n) is 2.22. The van der Waals surface area contributed by atoms with Crippen molar-refractivity contribution in [2.45, 2.75) is 13.3 Å². The van der Waals surface area contributed by atoms with Crippen molar-refractivity contribution in [1.82, 2.24) is 5.32 Å². The van der Waals surface area contributed by atoms with Gasteiger partial charge in [0.05, 0.1) is 0 Å². The van der Waals surface area contributed by atoms with E-state index in [0.29, 0.717) is 24.2 Å². The van der Waals surface area contributed by atoms with Crippen LogP contribution < -0.4 is 11.1 Å². The maximum Gasteiger partial charge on any atom is 0.251 e. The van der Waals surface area contributed by atoms with Gasteiger partial charge in [0.25, 0.3) is 5.91 Å². The van der Waals surface area contributed by atoms with Gasteiger partial charge in [-0.3, -0.25) is 4.79 Å². The monoisotopic (exact) mass is 208 g/mol. The van der Waals surface area contributed by atoms with Crippen molar-refractivity contribution in [3.8, 4) is 5.75 Å². The van der Waals surface area contributed by atoms with Gasteiger partial charge >= 0.3 is 0 Å². The molecule has 0 unspecified atom stereocenters. The summed E-state index contributed by atoms with van der Waals surface area (Å²) in [5.41, 5.74) is 6.42. The van der Waals surface area contributed by atoms with E-state index in [9.17, 15) is 9.90 Å². The molecular weight excluding hydrogens is 192 g/mol. The van der Waals surface area contributed by atoms with Crippen LogP contribution in [0.3, 0.4) is 0 Å². The van der Waals surface area contributed by atoms with Crippen LogP contribution in [-0.4, -0.2) is 24.1 Å². The summed E-state index contributed by atoms with van der Waals surface area (Å²) in [4.78, 5) is 11.6. The molecule has 0 saturated heterocycles. The van der Waals surface area contributed by atoms with E-state index in [1.54, 1.807) is 25.1 Å². The molecule has 1 rings (SSSR count). The number of benzene rings is 1. The summed E-state index contributed by atoms with van der Waals surface area (Å²) in [6, 6.07) is 4.90. The number of hydrogen-bond acceptors (Lipinski definition) is 3. The molecule has 0 bridgehead atoms. The molecule has 1 amide bonds. The SMILES string of the molecule is Cc1c(O)cccc1C(=O)NCCCN. The van der Waals surface area contributed by atoms with E-state index in [2.05, 4.69) is 5.32 Å². The fourth-order valence-electron chi connectivity index (χ4n) is 1.27. The van der Waals surface area contributed by atoms with Gasteiger partial charge in [-0.1, -0.05) is 6.07 Å². The Morgan fingerprint density at radius 1 is 1.53 bits per heavy atom. The fraction of sp³-hybridized carbons (Fsp3) is 0.364. The third kappa shape index (κ3) is 2.95. The lowest BCUT2D eigenvalue weighted by Crippen LogP contribution is -2.26. The van der Waals surface area contributed by atoms with E-state index >= 15 is 0 Å². The van der Waals surface area contributed by atoms with E-state index in [-0.39, 0.29) is 11.7 Å². The topological polar surface area (TPSA) is 75.3 Å². The summed E-state index contributed by atoms with van der Waals surface area (Å²) in [7, 11) is 0. The second-order valence-corrected chi connectivity index (χ2v) is 3.35. The fourth-order valence-corrected chi connectivity index (χ4v) is 1.27. The number of nitrogens with one attached hydrogen (secondary N) is 1. The highest BCUT2D eigenvalue weighted by molar-refractivity contribution is 5.96. The molecule has 0 aliphatic heterocycles. The summed E-state index contributed by atoms with van der Waals surface area (Å²) in [5, 5.41) is 12.2. The van der Waals surface area contributed by atoms with Crippen molar-refractivity contribution in [2.24, 2.45) is 5.73 Å².